The molecule has 0 atom stereocenters. The molecular weight excluding hydrogens is 303 g/mol. The highest BCUT2D eigenvalue weighted by Gasteiger charge is 2.16. The van der Waals surface area contributed by atoms with E-state index in [2.05, 4.69) is 15.9 Å². The molecule has 0 aliphatic heterocycles. The molecule has 1 aromatic rings. The zero-order valence-corrected chi connectivity index (χ0v) is 12.0. The SMILES string of the molecule is CCOC(CC(=O)c1ccc(F)c(Br)c1)OCC. The predicted octanol–water partition coefficient (Wildman–Crippen LogP) is 3.56. The third-order valence-electron chi connectivity index (χ3n) is 2.30. The first-order valence-corrected chi connectivity index (χ1v) is 6.59. The lowest BCUT2D eigenvalue weighted by atomic mass is 10.1. The smallest absolute Gasteiger partial charge is 0.167 e. The minimum Gasteiger partial charge on any atom is -0.352 e. The molecule has 0 fully saturated rings. The largest absolute Gasteiger partial charge is 0.352 e. The van der Waals surface area contributed by atoms with E-state index in [0.29, 0.717) is 18.8 Å². The van der Waals surface area contributed by atoms with Gasteiger partial charge in [0.1, 0.15) is 5.82 Å². The van der Waals surface area contributed by atoms with Crippen molar-refractivity contribution in [2.75, 3.05) is 13.2 Å². The van der Waals surface area contributed by atoms with Crippen LogP contribution in [0.15, 0.2) is 22.7 Å². The summed E-state index contributed by atoms with van der Waals surface area (Å²) < 4.78 is 23.9. The second kappa shape index (κ2) is 7.61. The van der Waals surface area contributed by atoms with Gasteiger partial charge in [-0.05, 0) is 48.0 Å². The summed E-state index contributed by atoms with van der Waals surface area (Å²) >= 11 is 3.05. The van der Waals surface area contributed by atoms with Gasteiger partial charge in [0, 0.05) is 18.8 Å². The number of hydrogen-bond acceptors (Lipinski definition) is 3. The van der Waals surface area contributed by atoms with Crippen molar-refractivity contribution in [3.8, 4) is 0 Å². The Morgan fingerprint density at radius 1 is 1.33 bits per heavy atom. The number of benzene rings is 1. The van der Waals surface area contributed by atoms with E-state index in [4.69, 9.17) is 9.47 Å². The zero-order valence-electron chi connectivity index (χ0n) is 10.4. The lowest BCUT2D eigenvalue weighted by Gasteiger charge is -2.16. The summed E-state index contributed by atoms with van der Waals surface area (Å²) in [4.78, 5) is 12.0. The van der Waals surface area contributed by atoms with Gasteiger partial charge in [0.05, 0.1) is 10.9 Å². The predicted molar refractivity (Wildman–Crippen MR) is 70.1 cm³/mol. The molecule has 0 aliphatic rings. The van der Waals surface area contributed by atoms with Gasteiger partial charge in [-0.25, -0.2) is 4.39 Å². The summed E-state index contributed by atoms with van der Waals surface area (Å²) in [5, 5.41) is 0. The summed E-state index contributed by atoms with van der Waals surface area (Å²) in [6, 6.07) is 4.18. The molecule has 5 heteroatoms. The molecule has 1 rings (SSSR count). The van der Waals surface area contributed by atoms with Gasteiger partial charge in [-0.1, -0.05) is 0 Å². The molecule has 0 aliphatic carbocycles. The van der Waals surface area contributed by atoms with Gasteiger partial charge in [-0.15, -0.1) is 0 Å². The number of carbonyl (C=O) groups is 1. The van der Waals surface area contributed by atoms with Crippen LogP contribution < -0.4 is 0 Å². The van der Waals surface area contributed by atoms with Crippen LogP contribution in [0.1, 0.15) is 30.6 Å². The Kier molecular flexibility index (Phi) is 6.46. The Hall–Kier alpha value is -0.780. The van der Waals surface area contributed by atoms with E-state index in [-0.39, 0.29) is 16.7 Å². The Morgan fingerprint density at radius 2 is 1.94 bits per heavy atom. The minimum absolute atomic E-state index is 0.125. The average molecular weight is 319 g/mol. The number of rotatable bonds is 7. The molecule has 0 aromatic heterocycles. The molecule has 1 aromatic carbocycles. The molecule has 0 unspecified atom stereocenters. The van der Waals surface area contributed by atoms with Crippen molar-refractivity contribution < 1.29 is 18.7 Å². The van der Waals surface area contributed by atoms with Crippen LogP contribution in [0.25, 0.3) is 0 Å². The fraction of sp³-hybridized carbons (Fsp3) is 0.462. The highest BCUT2D eigenvalue weighted by molar-refractivity contribution is 9.10. The van der Waals surface area contributed by atoms with Crippen molar-refractivity contribution in [3.05, 3.63) is 34.1 Å². The van der Waals surface area contributed by atoms with E-state index in [1.807, 2.05) is 13.8 Å². The number of hydrogen-bond donors (Lipinski definition) is 0. The molecule has 100 valence electrons. The second-order valence-corrected chi connectivity index (χ2v) is 4.45. The summed E-state index contributed by atoms with van der Waals surface area (Å²) in [5.41, 5.74) is 0.438. The van der Waals surface area contributed by atoms with Gasteiger partial charge in [0.25, 0.3) is 0 Å². The Morgan fingerprint density at radius 3 is 2.44 bits per heavy atom. The number of Topliss-reactive ketones (excluding diaryl/α,β-unsaturated/α-hetero) is 1. The molecule has 0 spiro atoms. The van der Waals surface area contributed by atoms with Gasteiger partial charge in [-0.2, -0.15) is 0 Å². The van der Waals surface area contributed by atoms with Gasteiger partial charge in [0.2, 0.25) is 0 Å². The number of carbonyl (C=O) groups excluding carboxylic acids is 1. The highest BCUT2D eigenvalue weighted by atomic mass is 79.9. The van der Waals surface area contributed by atoms with Gasteiger partial charge < -0.3 is 9.47 Å². The maximum Gasteiger partial charge on any atom is 0.167 e. The summed E-state index contributed by atoms with van der Waals surface area (Å²) in [7, 11) is 0. The monoisotopic (exact) mass is 318 g/mol. The van der Waals surface area contributed by atoms with E-state index < -0.39 is 12.1 Å². The molecular formula is C13H16BrFO3. The fourth-order valence-corrected chi connectivity index (χ4v) is 1.86. The first kappa shape index (κ1) is 15.3. The highest BCUT2D eigenvalue weighted by Crippen LogP contribution is 2.18. The van der Waals surface area contributed by atoms with Gasteiger partial charge in [0.15, 0.2) is 12.1 Å². The van der Waals surface area contributed by atoms with Crippen LogP contribution in [0.5, 0.6) is 0 Å². The van der Waals surface area contributed by atoms with E-state index in [1.54, 1.807) is 0 Å². The van der Waals surface area contributed by atoms with Crippen LogP contribution in [-0.4, -0.2) is 25.3 Å². The number of ketones is 1. The topological polar surface area (TPSA) is 35.5 Å². The first-order chi connectivity index (χ1) is 8.58. The molecule has 0 radical (unpaired) electrons. The van der Waals surface area contributed by atoms with Crippen LogP contribution in [-0.2, 0) is 9.47 Å². The zero-order chi connectivity index (χ0) is 13.5. The molecule has 0 saturated heterocycles. The third-order valence-corrected chi connectivity index (χ3v) is 2.91. The van der Waals surface area contributed by atoms with Gasteiger partial charge in [-0.3, -0.25) is 4.79 Å². The summed E-state index contributed by atoms with van der Waals surface area (Å²) in [6.45, 7) is 4.63. The Labute approximate surface area is 114 Å². The van der Waals surface area contributed by atoms with Gasteiger partial charge >= 0.3 is 0 Å². The average Bonchev–Trinajstić information content (AvgIpc) is 2.33. The second-order valence-electron chi connectivity index (χ2n) is 3.60. The van der Waals surface area contributed by atoms with E-state index in [1.165, 1.54) is 18.2 Å². The van der Waals surface area contributed by atoms with E-state index in [0.717, 1.165) is 0 Å². The summed E-state index contributed by atoms with van der Waals surface area (Å²) in [6.07, 6.45) is -0.420. The van der Waals surface area contributed by atoms with Crippen molar-refractivity contribution in [2.24, 2.45) is 0 Å². The van der Waals surface area contributed by atoms with Crippen molar-refractivity contribution in [2.45, 2.75) is 26.6 Å². The lowest BCUT2D eigenvalue weighted by Crippen LogP contribution is -2.21. The molecule has 0 heterocycles. The first-order valence-electron chi connectivity index (χ1n) is 5.79. The van der Waals surface area contributed by atoms with Crippen LogP contribution in [0.4, 0.5) is 4.39 Å². The Balaban J connectivity index is 2.70. The quantitative estimate of drug-likeness (QED) is 0.569. The van der Waals surface area contributed by atoms with E-state index >= 15 is 0 Å². The Bertz CT molecular complexity index is 403. The van der Waals surface area contributed by atoms with Crippen molar-refractivity contribution in [1.29, 1.82) is 0 Å². The molecule has 18 heavy (non-hydrogen) atoms. The molecule has 0 amide bonds. The van der Waals surface area contributed by atoms with Crippen LogP contribution in [0.3, 0.4) is 0 Å². The standard InChI is InChI=1S/C13H16BrFO3/c1-3-17-13(18-4-2)8-12(16)9-5-6-11(15)10(14)7-9/h5-7,13H,3-4,8H2,1-2H3. The number of halogens is 2. The molecule has 0 saturated carbocycles. The molecule has 0 bridgehead atoms. The maximum atomic E-state index is 13.1. The van der Waals surface area contributed by atoms with Crippen LogP contribution >= 0.6 is 15.9 Å². The van der Waals surface area contributed by atoms with Crippen molar-refractivity contribution in [3.63, 3.8) is 0 Å². The number of ether oxygens (including phenoxy) is 2. The molecule has 0 N–H and O–H groups in total. The molecule has 3 nitrogen and oxygen atoms in total. The van der Waals surface area contributed by atoms with Crippen molar-refractivity contribution >= 4 is 21.7 Å². The lowest BCUT2D eigenvalue weighted by molar-refractivity contribution is -0.133. The summed E-state index contributed by atoms with van der Waals surface area (Å²) in [5.74, 6) is -0.527. The fourth-order valence-electron chi connectivity index (χ4n) is 1.48. The third kappa shape index (κ3) is 4.48. The minimum atomic E-state index is -0.545. The van der Waals surface area contributed by atoms with E-state index in [9.17, 15) is 9.18 Å². The van der Waals surface area contributed by atoms with Crippen molar-refractivity contribution in [1.82, 2.24) is 0 Å². The van der Waals surface area contributed by atoms with Crippen LogP contribution in [0.2, 0.25) is 0 Å². The van der Waals surface area contributed by atoms with Crippen LogP contribution in [0, 0.1) is 5.82 Å². The maximum absolute atomic E-state index is 13.1. The normalized spacial score (nSPS) is 10.9.